The summed E-state index contributed by atoms with van der Waals surface area (Å²) in [5.74, 6) is 2.02. The molecule has 0 spiro atoms. The molecule has 5 heteroatoms. The Morgan fingerprint density at radius 1 is 0.969 bits per heavy atom. The van der Waals surface area contributed by atoms with E-state index in [-0.39, 0.29) is 11.8 Å². The van der Waals surface area contributed by atoms with E-state index in [1.807, 2.05) is 53.4 Å². The second kappa shape index (κ2) is 8.87. The second-order valence-corrected chi connectivity index (χ2v) is 8.20. The predicted molar refractivity (Wildman–Crippen MR) is 127 cm³/mol. The minimum atomic E-state index is 0.0532. The van der Waals surface area contributed by atoms with Crippen LogP contribution in [0.25, 0.3) is 11.0 Å². The predicted octanol–water partition coefficient (Wildman–Crippen LogP) is 5.20. The fraction of sp³-hybridized carbons (Fsp3) is 0.259. The van der Waals surface area contributed by atoms with Crippen LogP contribution in [0.5, 0.6) is 5.75 Å². The SMILES string of the molecule is CCc1ccc(N2C[C@H](c3nc4ccccc4n3CCOc3ccccc3)CC2=O)cc1. The molecule has 1 aliphatic rings. The van der Waals surface area contributed by atoms with E-state index in [4.69, 9.17) is 9.72 Å². The van der Waals surface area contributed by atoms with E-state index in [2.05, 4.69) is 41.8 Å². The Hall–Kier alpha value is -3.60. The first-order valence-electron chi connectivity index (χ1n) is 11.2. The van der Waals surface area contributed by atoms with Crippen LogP contribution in [-0.4, -0.2) is 28.6 Å². The van der Waals surface area contributed by atoms with Crippen LogP contribution in [0.2, 0.25) is 0 Å². The third kappa shape index (κ3) is 3.98. The van der Waals surface area contributed by atoms with Crippen molar-refractivity contribution in [1.82, 2.24) is 9.55 Å². The van der Waals surface area contributed by atoms with Gasteiger partial charge in [0.15, 0.2) is 0 Å². The van der Waals surface area contributed by atoms with Gasteiger partial charge in [-0.25, -0.2) is 4.98 Å². The van der Waals surface area contributed by atoms with Crippen molar-refractivity contribution in [3.05, 3.63) is 90.3 Å². The lowest BCUT2D eigenvalue weighted by molar-refractivity contribution is -0.117. The number of ether oxygens (including phenoxy) is 1. The lowest BCUT2D eigenvalue weighted by Crippen LogP contribution is -2.24. The van der Waals surface area contributed by atoms with Crippen LogP contribution in [0.4, 0.5) is 5.69 Å². The molecular weight excluding hydrogens is 398 g/mol. The zero-order valence-electron chi connectivity index (χ0n) is 18.3. The Bertz CT molecular complexity index is 1210. The van der Waals surface area contributed by atoms with Crippen LogP contribution in [0.3, 0.4) is 0 Å². The molecule has 2 heterocycles. The van der Waals surface area contributed by atoms with E-state index in [0.717, 1.165) is 34.7 Å². The average molecular weight is 426 g/mol. The van der Waals surface area contributed by atoms with Crippen LogP contribution in [-0.2, 0) is 17.8 Å². The second-order valence-electron chi connectivity index (χ2n) is 8.20. The normalized spacial score (nSPS) is 16.1. The number of anilines is 1. The van der Waals surface area contributed by atoms with Crippen LogP contribution in [0, 0.1) is 0 Å². The number of nitrogens with zero attached hydrogens (tertiary/aromatic N) is 3. The molecule has 162 valence electrons. The number of amides is 1. The van der Waals surface area contributed by atoms with Gasteiger partial charge < -0.3 is 14.2 Å². The number of para-hydroxylation sites is 3. The molecular formula is C27H27N3O2. The lowest BCUT2D eigenvalue weighted by atomic mass is 10.1. The molecule has 4 aromatic rings. The zero-order chi connectivity index (χ0) is 21.9. The summed E-state index contributed by atoms with van der Waals surface area (Å²) in [7, 11) is 0. The largest absolute Gasteiger partial charge is 0.492 e. The van der Waals surface area contributed by atoms with Crippen LogP contribution >= 0.6 is 0 Å². The summed E-state index contributed by atoms with van der Waals surface area (Å²) in [5.41, 5.74) is 4.28. The van der Waals surface area contributed by atoms with E-state index in [1.54, 1.807) is 0 Å². The van der Waals surface area contributed by atoms with Gasteiger partial charge in [0.2, 0.25) is 5.91 Å². The zero-order valence-corrected chi connectivity index (χ0v) is 18.3. The van der Waals surface area contributed by atoms with Crippen molar-refractivity contribution >= 4 is 22.6 Å². The van der Waals surface area contributed by atoms with Gasteiger partial charge in [-0.15, -0.1) is 0 Å². The van der Waals surface area contributed by atoms with Crippen molar-refractivity contribution in [2.75, 3.05) is 18.1 Å². The molecule has 1 amide bonds. The summed E-state index contributed by atoms with van der Waals surface area (Å²) < 4.78 is 8.18. The Labute approximate surface area is 188 Å². The Morgan fingerprint density at radius 2 is 1.72 bits per heavy atom. The molecule has 32 heavy (non-hydrogen) atoms. The highest BCUT2D eigenvalue weighted by Gasteiger charge is 2.34. The molecule has 5 nitrogen and oxygen atoms in total. The summed E-state index contributed by atoms with van der Waals surface area (Å²) >= 11 is 0. The molecule has 0 saturated carbocycles. The number of aryl methyl sites for hydroxylation is 1. The van der Waals surface area contributed by atoms with Gasteiger partial charge in [0.05, 0.1) is 17.6 Å². The maximum Gasteiger partial charge on any atom is 0.227 e. The van der Waals surface area contributed by atoms with E-state index >= 15 is 0 Å². The van der Waals surface area contributed by atoms with E-state index in [0.29, 0.717) is 26.1 Å². The first-order valence-corrected chi connectivity index (χ1v) is 11.2. The third-order valence-electron chi connectivity index (χ3n) is 6.16. The van der Waals surface area contributed by atoms with Gasteiger partial charge in [-0.05, 0) is 48.4 Å². The Morgan fingerprint density at radius 3 is 2.50 bits per heavy atom. The summed E-state index contributed by atoms with van der Waals surface area (Å²) in [5, 5.41) is 0. The fourth-order valence-corrected chi connectivity index (χ4v) is 4.45. The number of hydrogen-bond donors (Lipinski definition) is 0. The summed E-state index contributed by atoms with van der Waals surface area (Å²) in [6, 6.07) is 26.3. The van der Waals surface area contributed by atoms with Gasteiger partial charge in [-0.2, -0.15) is 0 Å². The fourth-order valence-electron chi connectivity index (χ4n) is 4.45. The molecule has 1 aliphatic heterocycles. The molecule has 1 atom stereocenters. The summed E-state index contributed by atoms with van der Waals surface area (Å²) in [4.78, 5) is 19.7. The van der Waals surface area contributed by atoms with Gasteiger partial charge in [0, 0.05) is 24.6 Å². The van der Waals surface area contributed by atoms with Gasteiger partial charge in [0.25, 0.3) is 0 Å². The van der Waals surface area contributed by atoms with Crippen molar-refractivity contribution in [3.8, 4) is 5.75 Å². The first kappa shape index (κ1) is 20.3. The number of aromatic nitrogens is 2. The number of benzene rings is 3. The Kier molecular flexibility index (Phi) is 5.63. The highest BCUT2D eigenvalue weighted by atomic mass is 16.5. The van der Waals surface area contributed by atoms with E-state index in [9.17, 15) is 4.79 Å². The van der Waals surface area contributed by atoms with Crippen LogP contribution < -0.4 is 9.64 Å². The molecule has 0 aliphatic carbocycles. The van der Waals surface area contributed by atoms with Crippen LogP contribution in [0.15, 0.2) is 78.9 Å². The highest BCUT2D eigenvalue weighted by molar-refractivity contribution is 5.96. The lowest BCUT2D eigenvalue weighted by Gasteiger charge is -2.18. The third-order valence-corrected chi connectivity index (χ3v) is 6.16. The average Bonchev–Trinajstić information content (AvgIpc) is 3.40. The molecule has 1 aromatic heterocycles. The molecule has 0 N–H and O–H groups in total. The molecule has 3 aromatic carbocycles. The smallest absolute Gasteiger partial charge is 0.227 e. The maximum atomic E-state index is 12.9. The number of hydrogen-bond acceptors (Lipinski definition) is 3. The van der Waals surface area contributed by atoms with Gasteiger partial charge >= 0.3 is 0 Å². The topological polar surface area (TPSA) is 47.4 Å². The minimum absolute atomic E-state index is 0.0532. The number of fused-ring (bicyclic) bond motifs is 1. The van der Waals surface area contributed by atoms with Gasteiger partial charge in [-0.1, -0.05) is 49.4 Å². The summed E-state index contributed by atoms with van der Waals surface area (Å²) in [6.07, 6.45) is 1.46. The molecule has 1 saturated heterocycles. The monoisotopic (exact) mass is 425 g/mol. The standard InChI is InChI=1S/C27H27N3O2/c1-2-20-12-14-22(15-13-20)30-19-21(18-26(30)31)27-28-24-10-6-7-11-25(24)29(27)16-17-32-23-8-4-3-5-9-23/h3-15,21H,2,16-19H2,1H3/t21-/m1/s1. The number of carbonyl (C=O) groups is 1. The minimum Gasteiger partial charge on any atom is -0.492 e. The maximum absolute atomic E-state index is 12.9. The Balaban J connectivity index is 1.39. The summed E-state index contributed by atoms with van der Waals surface area (Å²) in [6.45, 7) is 4.01. The van der Waals surface area contributed by atoms with Crippen molar-refractivity contribution in [3.63, 3.8) is 0 Å². The van der Waals surface area contributed by atoms with Crippen molar-refractivity contribution in [1.29, 1.82) is 0 Å². The number of rotatable bonds is 7. The van der Waals surface area contributed by atoms with Crippen LogP contribution in [0.1, 0.15) is 30.7 Å². The number of carbonyl (C=O) groups excluding carboxylic acids is 1. The molecule has 5 rings (SSSR count). The molecule has 1 fully saturated rings. The molecule has 0 bridgehead atoms. The number of imidazole rings is 1. The van der Waals surface area contributed by atoms with Gasteiger partial charge in [-0.3, -0.25) is 4.79 Å². The van der Waals surface area contributed by atoms with Crippen molar-refractivity contribution < 1.29 is 9.53 Å². The quantitative estimate of drug-likeness (QED) is 0.409. The molecule has 0 unspecified atom stereocenters. The van der Waals surface area contributed by atoms with Crippen molar-refractivity contribution in [2.45, 2.75) is 32.2 Å². The van der Waals surface area contributed by atoms with Crippen molar-refractivity contribution in [2.24, 2.45) is 0 Å². The molecule has 0 radical (unpaired) electrons. The van der Waals surface area contributed by atoms with Gasteiger partial charge in [0.1, 0.15) is 18.2 Å². The highest BCUT2D eigenvalue weighted by Crippen LogP contribution is 2.33. The van der Waals surface area contributed by atoms with E-state index < -0.39 is 0 Å². The van der Waals surface area contributed by atoms with E-state index in [1.165, 1.54) is 5.56 Å². The first-order chi connectivity index (χ1) is 15.7.